The normalized spacial score (nSPS) is 22.0. The first-order chi connectivity index (χ1) is 15.5. The quantitative estimate of drug-likeness (QED) is 0.462. The van der Waals surface area contributed by atoms with Gasteiger partial charge in [-0.1, -0.05) is 29.8 Å². The fraction of sp³-hybridized carbons (Fsp3) is 0.423. The Morgan fingerprint density at radius 1 is 1.12 bits per heavy atom. The van der Waals surface area contributed by atoms with Crippen molar-refractivity contribution >= 4 is 5.97 Å². The van der Waals surface area contributed by atoms with Crippen LogP contribution in [0.5, 0.6) is 17.2 Å². The summed E-state index contributed by atoms with van der Waals surface area (Å²) < 4.78 is 16.3. The number of carboxylic acids is 1. The number of ether oxygens (including phenoxy) is 3. The van der Waals surface area contributed by atoms with Gasteiger partial charge in [0.05, 0.1) is 13.0 Å². The maximum Gasteiger partial charge on any atom is 0.309 e. The van der Waals surface area contributed by atoms with Gasteiger partial charge in [0.25, 0.3) is 0 Å². The smallest absolute Gasteiger partial charge is 0.309 e. The molecule has 0 radical (unpaired) electrons. The van der Waals surface area contributed by atoms with Crippen molar-refractivity contribution in [3.8, 4) is 17.2 Å². The molecule has 0 amide bonds. The minimum atomic E-state index is -0.778. The van der Waals surface area contributed by atoms with Gasteiger partial charge in [0, 0.05) is 18.5 Å². The second-order valence-electron chi connectivity index (χ2n) is 8.72. The van der Waals surface area contributed by atoms with Crippen LogP contribution in [0, 0.1) is 5.92 Å². The van der Waals surface area contributed by atoms with Gasteiger partial charge in [-0.25, -0.2) is 0 Å². The van der Waals surface area contributed by atoms with Gasteiger partial charge in [0.2, 0.25) is 6.79 Å². The van der Waals surface area contributed by atoms with Crippen molar-refractivity contribution in [2.24, 2.45) is 5.92 Å². The molecule has 1 fully saturated rings. The molecule has 2 aliphatic rings. The fourth-order valence-corrected chi connectivity index (χ4v) is 4.83. The lowest BCUT2D eigenvalue weighted by molar-refractivity contribution is -0.143. The molecule has 1 saturated heterocycles. The number of hydrogen-bond acceptors (Lipinski definition) is 5. The number of carbonyl (C=O) groups is 1. The van der Waals surface area contributed by atoms with Gasteiger partial charge in [-0.15, -0.1) is 0 Å². The van der Waals surface area contributed by atoms with Gasteiger partial charge in [0.1, 0.15) is 5.75 Å². The van der Waals surface area contributed by atoms with Crippen LogP contribution in [0.25, 0.3) is 0 Å². The largest absolute Gasteiger partial charge is 0.497 e. The molecule has 4 rings (SSSR count). The van der Waals surface area contributed by atoms with Crippen molar-refractivity contribution in [3.05, 3.63) is 65.2 Å². The third-order valence-electron chi connectivity index (χ3n) is 6.37. The number of methoxy groups -OCH3 is 1. The molecule has 2 aromatic rings. The number of nitrogens with zero attached hydrogens (tertiary/aromatic N) is 1. The van der Waals surface area contributed by atoms with Crippen LogP contribution in [0.15, 0.2) is 54.1 Å². The summed E-state index contributed by atoms with van der Waals surface area (Å²) in [5.41, 5.74) is 3.29. The lowest BCUT2D eigenvalue weighted by Crippen LogP contribution is -2.29. The second kappa shape index (κ2) is 9.65. The van der Waals surface area contributed by atoms with E-state index in [2.05, 4.69) is 24.8 Å². The van der Waals surface area contributed by atoms with E-state index in [0.717, 1.165) is 36.3 Å². The minimum absolute atomic E-state index is 0.141. The van der Waals surface area contributed by atoms with Crippen LogP contribution in [0.2, 0.25) is 0 Å². The lowest BCUT2D eigenvalue weighted by Gasteiger charge is -2.27. The second-order valence-corrected chi connectivity index (χ2v) is 8.72. The standard InChI is InChI=1S/C26H31NO5/c1-17(2)6-4-5-13-27-15-21(19-9-12-22-23(14-19)32-16-31-22)24(26(28)29)25(27)18-7-10-20(30-3)11-8-18/h6-12,14,21,24-25H,4-5,13,15-16H2,1-3H3,(H,28,29)/t21-,24+,25-/m1/s1. The molecule has 2 aromatic carbocycles. The van der Waals surface area contributed by atoms with E-state index in [1.807, 2.05) is 42.5 Å². The highest BCUT2D eigenvalue weighted by Crippen LogP contribution is 2.47. The van der Waals surface area contributed by atoms with Crippen molar-refractivity contribution in [1.29, 1.82) is 0 Å². The van der Waals surface area contributed by atoms with E-state index < -0.39 is 11.9 Å². The van der Waals surface area contributed by atoms with Gasteiger partial charge in [-0.05, 0) is 68.6 Å². The van der Waals surface area contributed by atoms with Gasteiger partial charge in [-0.2, -0.15) is 0 Å². The van der Waals surface area contributed by atoms with Crippen LogP contribution in [0.1, 0.15) is 49.8 Å². The van der Waals surface area contributed by atoms with Crippen LogP contribution in [0.4, 0.5) is 0 Å². The molecule has 2 aliphatic heterocycles. The third kappa shape index (κ3) is 4.60. The number of carboxylic acid groups (broad SMARTS) is 1. The highest BCUT2D eigenvalue weighted by molar-refractivity contribution is 5.74. The van der Waals surface area contributed by atoms with Gasteiger partial charge < -0.3 is 19.3 Å². The van der Waals surface area contributed by atoms with E-state index in [0.29, 0.717) is 18.0 Å². The molecular formula is C26H31NO5. The van der Waals surface area contributed by atoms with Gasteiger partial charge >= 0.3 is 5.97 Å². The van der Waals surface area contributed by atoms with Crippen LogP contribution < -0.4 is 14.2 Å². The van der Waals surface area contributed by atoms with Crippen LogP contribution in [-0.2, 0) is 4.79 Å². The first kappa shape index (κ1) is 22.2. The molecule has 0 bridgehead atoms. The topological polar surface area (TPSA) is 68.2 Å². The Labute approximate surface area is 189 Å². The van der Waals surface area contributed by atoms with Gasteiger partial charge in [-0.3, -0.25) is 9.69 Å². The Bertz CT molecular complexity index is 980. The molecule has 0 unspecified atom stereocenters. The Morgan fingerprint density at radius 3 is 2.53 bits per heavy atom. The molecule has 32 heavy (non-hydrogen) atoms. The number of rotatable bonds is 8. The Balaban J connectivity index is 1.66. The fourth-order valence-electron chi connectivity index (χ4n) is 4.83. The molecule has 0 spiro atoms. The number of hydrogen-bond donors (Lipinski definition) is 1. The number of likely N-dealkylation sites (tertiary alicyclic amines) is 1. The van der Waals surface area contributed by atoms with E-state index >= 15 is 0 Å². The summed E-state index contributed by atoms with van der Waals surface area (Å²) in [4.78, 5) is 14.9. The average Bonchev–Trinajstić information content (AvgIpc) is 3.40. The van der Waals surface area contributed by atoms with Crippen LogP contribution in [0.3, 0.4) is 0 Å². The van der Waals surface area contributed by atoms with Crippen LogP contribution >= 0.6 is 0 Å². The number of aliphatic carboxylic acids is 1. The maximum absolute atomic E-state index is 12.6. The third-order valence-corrected chi connectivity index (χ3v) is 6.37. The Kier molecular flexibility index (Phi) is 6.70. The molecule has 6 nitrogen and oxygen atoms in total. The zero-order valence-corrected chi connectivity index (χ0v) is 18.9. The SMILES string of the molecule is COc1ccc([C@@H]2[C@@H](C(=O)O)[C@@H](c3ccc4c(c3)OCO4)CN2CCCC=C(C)C)cc1. The van der Waals surface area contributed by atoms with E-state index in [9.17, 15) is 9.90 Å². The predicted molar refractivity (Wildman–Crippen MR) is 122 cm³/mol. The molecule has 0 saturated carbocycles. The zero-order valence-electron chi connectivity index (χ0n) is 18.9. The maximum atomic E-state index is 12.6. The van der Waals surface area contributed by atoms with Crippen molar-refractivity contribution in [2.75, 3.05) is 27.0 Å². The molecule has 6 heteroatoms. The summed E-state index contributed by atoms with van der Waals surface area (Å²) in [6.45, 7) is 5.93. The molecule has 2 heterocycles. The van der Waals surface area contributed by atoms with E-state index in [1.165, 1.54) is 5.57 Å². The van der Waals surface area contributed by atoms with Crippen molar-refractivity contribution in [1.82, 2.24) is 4.90 Å². The summed E-state index contributed by atoms with van der Waals surface area (Å²) in [6, 6.07) is 13.4. The van der Waals surface area contributed by atoms with Gasteiger partial charge in [0.15, 0.2) is 11.5 Å². The summed E-state index contributed by atoms with van der Waals surface area (Å²) in [7, 11) is 1.63. The average molecular weight is 438 g/mol. The number of benzene rings is 2. The molecule has 1 N–H and O–H groups in total. The Morgan fingerprint density at radius 2 is 1.84 bits per heavy atom. The first-order valence-electron chi connectivity index (χ1n) is 11.1. The number of unbranched alkanes of at least 4 members (excludes halogenated alkanes) is 1. The highest BCUT2D eigenvalue weighted by atomic mass is 16.7. The molecule has 0 aromatic heterocycles. The lowest BCUT2D eigenvalue weighted by atomic mass is 9.82. The summed E-state index contributed by atoms with van der Waals surface area (Å²) in [5.74, 6) is 0.685. The predicted octanol–water partition coefficient (Wildman–Crippen LogP) is 5.01. The minimum Gasteiger partial charge on any atom is -0.497 e. The summed E-state index contributed by atoms with van der Waals surface area (Å²) in [5, 5.41) is 10.3. The summed E-state index contributed by atoms with van der Waals surface area (Å²) in [6.07, 6.45) is 4.21. The Hall–Kier alpha value is -2.99. The molecule has 0 aliphatic carbocycles. The van der Waals surface area contributed by atoms with Crippen molar-refractivity contribution < 1.29 is 24.1 Å². The first-order valence-corrected chi connectivity index (χ1v) is 11.1. The van der Waals surface area contributed by atoms with Crippen molar-refractivity contribution in [2.45, 2.75) is 38.6 Å². The summed E-state index contributed by atoms with van der Waals surface area (Å²) >= 11 is 0. The van der Waals surface area contributed by atoms with E-state index in [1.54, 1.807) is 7.11 Å². The van der Waals surface area contributed by atoms with E-state index in [-0.39, 0.29) is 18.8 Å². The number of fused-ring (bicyclic) bond motifs is 1. The molecule has 3 atom stereocenters. The molecular weight excluding hydrogens is 406 g/mol. The number of allylic oxidation sites excluding steroid dienone is 2. The van der Waals surface area contributed by atoms with E-state index in [4.69, 9.17) is 14.2 Å². The zero-order chi connectivity index (χ0) is 22.7. The monoisotopic (exact) mass is 437 g/mol. The highest BCUT2D eigenvalue weighted by Gasteiger charge is 2.47. The molecule has 170 valence electrons. The van der Waals surface area contributed by atoms with Crippen LogP contribution in [-0.4, -0.2) is 43.0 Å². The van der Waals surface area contributed by atoms with Crippen molar-refractivity contribution in [3.63, 3.8) is 0 Å².